The largest absolute Gasteiger partial charge is 0.317 e. The lowest BCUT2D eigenvalue weighted by molar-refractivity contribution is 0.329. The molecule has 1 N–H and O–H groups in total. The van der Waals surface area contributed by atoms with E-state index >= 15 is 0 Å². The number of rotatable bonds is 2. The number of halogens is 1. The van der Waals surface area contributed by atoms with E-state index in [0.29, 0.717) is 5.92 Å². The molecule has 1 saturated heterocycles. The molecule has 3 heteroatoms. The molecule has 2 nitrogen and oxygen atoms in total. The molecule has 1 unspecified atom stereocenters. The lowest BCUT2D eigenvalue weighted by Crippen LogP contribution is -2.30. The van der Waals surface area contributed by atoms with Crippen molar-refractivity contribution < 1.29 is 0 Å². The molecule has 0 saturated carbocycles. The summed E-state index contributed by atoms with van der Waals surface area (Å²) < 4.78 is 1.01. The monoisotopic (exact) mass is 268 g/mol. The van der Waals surface area contributed by atoms with Gasteiger partial charge < -0.3 is 5.32 Å². The Hall–Kier alpha value is -0.410. The Balaban J connectivity index is 2.12. The third kappa shape index (κ3) is 2.58. The Bertz CT molecular complexity index is 321. The van der Waals surface area contributed by atoms with Gasteiger partial charge in [0.1, 0.15) is 4.60 Å². The van der Waals surface area contributed by atoms with Crippen molar-refractivity contribution in [3.05, 3.63) is 28.5 Å². The molecule has 0 bridgehead atoms. The Labute approximate surface area is 99.6 Å². The van der Waals surface area contributed by atoms with Crippen molar-refractivity contribution in [3.8, 4) is 0 Å². The minimum absolute atomic E-state index is 0.607. The first-order valence-corrected chi connectivity index (χ1v) is 6.39. The standard InChI is InChI=1S/C12H17BrN2/c1-9(10-4-7-14-8-5-10)11-3-2-6-15-12(11)13/h2-3,6,9-10,14H,4-5,7-8H2,1H3. The van der Waals surface area contributed by atoms with E-state index in [1.54, 1.807) is 0 Å². The molecule has 2 rings (SSSR count). The first-order chi connectivity index (χ1) is 7.29. The molecule has 0 radical (unpaired) electrons. The van der Waals surface area contributed by atoms with Crippen LogP contribution in [0.1, 0.15) is 31.2 Å². The molecule has 1 aromatic heterocycles. The normalized spacial score (nSPS) is 20.1. The molecule has 15 heavy (non-hydrogen) atoms. The first-order valence-electron chi connectivity index (χ1n) is 5.60. The summed E-state index contributed by atoms with van der Waals surface area (Å²) in [7, 11) is 0. The van der Waals surface area contributed by atoms with E-state index in [-0.39, 0.29) is 0 Å². The van der Waals surface area contributed by atoms with Crippen LogP contribution in [0.5, 0.6) is 0 Å². The van der Waals surface area contributed by atoms with E-state index in [4.69, 9.17) is 0 Å². The number of aromatic nitrogens is 1. The topological polar surface area (TPSA) is 24.9 Å². The number of pyridine rings is 1. The van der Waals surface area contributed by atoms with E-state index < -0.39 is 0 Å². The zero-order chi connectivity index (χ0) is 10.7. The molecule has 0 amide bonds. The maximum atomic E-state index is 4.30. The van der Waals surface area contributed by atoms with Gasteiger partial charge in [0.2, 0.25) is 0 Å². The first kappa shape index (κ1) is 11.1. The van der Waals surface area contributed by atoms with Crippen molar-refractivity contribution in [3.63, 3.8) is 0 Å². The molecule has 2 heterocycles. The van der Waals surface area contributed by atoms with Gasteiger partial charge in [0.15, 0.2) is 0 Å². The van der Waals surface area contributed by atoms with Crippen LogP contribution < -0.4 is 5.32 Å². The summed E-state index contributed by atoms with van der Waals surface area (Å²) in [4.78, 5) is 4.30. The highest BCUT2D eigenvalue weighted by Crippen LogP contribution is 2.33. The van der Waals surface area contributed by atoms with Gasteiger partial charge in [-0.3, -0.25) is 0 Å². The van der Waals surface area contributed by atoms with E-state index in [0.717, 1.165) is 23.6 Å². The maximum absolute atomic E-state index is 4.30. The fraction of sp³-hybridized carbons (Fsp3) is 0.583. The highest BCUT2D eigenvalue weighted by Gasteiger charge is 2.22. The fourth-order valence-corrected chi connectivity index (χ4v) is 2.95. The van der Waals surface area contributed by atoms with Gasteiger partial charge in [0.25, 0.3) is 0 Å². The Morgan fingerprint density at radius 2 is 2.20 bits per heavy atom. The molecule has 1 fully saturated rings. The summed E-state index contributed by atoms with van der Waals surface area (Å²) in [6.07, 6.45) is 4.40. The van der Waals surface area contributed by atoms with Crippen molar-refractivity contribution in [1.82, 2.24) is 10.3 Å². The van der Waals surface area contributed by atoms with E-state index in [2.05, 4.69) is 39.2 Å². The second-order valence-electron chi connectivity index (χ2n) is 4.26. The fourth-order valence-electron chi connectivity index (χ4n) is 2.34. The average Bonchev–Trinajstić information content (AvgIpc) is 2.30. The summed E-state index contributed by atoms with van der Waals surface area (Å²) in [6, 6.07) is 4.21. The molecular formula is C12H17BrN2. The van der Waals surface area contributed by atoms with E-state index in [9.17, 15) is 0 Å². The highest BCUT2D eigenvalue weighted by molar-refractivity contribution is 9.10. The molecular weight excluding hydrogens is 252 g/mol. The predicted molar refractivity (Wildman–Crippen MR) is 65.9 cm³/mol. The molecule has 1 aliphatic rings. The molecule has 0 aliphatic carbocycles. The number of hydrogen-bond donors (Lipinski definition) is 1. The predicted octanol–water partition coefficient (Wildman–Crippen LogP) is 2.95. The van der Waals surface area contributed by atoms with Crippen LogP contribution in [0, 0.1) is 5.92 Å². The van der Waals surface area contributed by atoms with Gasteiger partial charge in [0, 0.05) is 6.20 Å². The average molecular weight is 269 g/mol. The maximum Gasteiger partial charge on any atom is 0.109 e. The summed E-state index contributed by atoms with van der Waals surface area (Å²) in [6.45, 7) is 4.64. The Kier molecular flexibility index (Phi) is 3.76. The summed E-state index contributed by atoms with van der Waals surface area (Å²) in [5, 5.41) is 3.41. The molecule has 1 aromatic rings. The molecule has 1 aliphatic heterocycles. The van der Waals surface area contributed by atoms with Gasteiger partial charge in [-0.1, -0.05) is 13.0 Å². The zero-order valence-electron chi connectivity index (χ0n) is 9.04. The van der Waals surface area contributed by atoms with Crippen LogP contribution in [-0.4, -0.2) is 18.1 Å². The number of nitrogens with zero attached hydrogens (tertiary/aromatic N) is 1. The van der Waals surface area contributed by atoms with E-state index in [1.807, 2.05) is 12.3 Å². The van der Waals surface area contributed by atoms with Crippen molar-refractivity contribution in [1.29, 1.82) is 0 Å². The quantitative estimate of drug-likeness (QED) is 0.835. The molecule has 0 aromatic carbocycles. The van der Waals surface area contributed by atoms with Crippen LogP contribution in [-0.2, 0) is 0 Å². The SMILES string of the molecule is CC(c1cccnc1Br)C1CCNCC1. The number of piperidine rings is 1. The Morgan fingerprint density at radius 3 is 2.87 bits per heavy atom. The second-order valence-corrected chi connectivity index (χ2v) is 5.01. The van der Waals surface area contributed by atoms with Crippen LogP contribution in [0.15, 0.2) is 22.9 Å². The summed E-state index contributed by atoms with van der Waals surface area (Å²) >= 11 is 3.54. The second kappa shape index (κ2) is 5.08. The van der Waals surface area contributed by atoms with Crippen LogP contribution in [0.2, 0.25) is 0 Å². The van der Waals surface area contributed by atoms with Crippen molar-refractivity contribution >= 4 is 15.9 Å². The number of hydrogen-bond acceptors (Lipinski definition) is 2. The van der Waals surface area contributed by atoms with Crippen LogP contribution in [0.4, 0.5) is 0 Å². The van der Waals surface area contributed by atoms with Crippen LogP contribution in [0.25, 0.3) is 0 Å². The zero-order valence-corrected chi connectivity index (χ0v) is 10.6. The molecule has 1 atom stereocenters. The lowest BCUT2D eigenvalue weighted by Gasteiger charge is -2.28. The van der Waals surface area contributed by atoms with Gasteiger partial charge in [-0.2, -0.15) is 0 Å². The van der Waals surface area contributed by atoms with Crippen molar-refractivity contribution in [2.24, 2.45) is 5.92 Å². The van der Waals surface area contributed by atoms with Gasteiger partial charge in [-0.25, -0.2) is 4.98 Å². The highest BCUT2D eigenvalue weighted by atomic mass is 79.9. The third-order valence-corrected chi connectivity index (χ3v) is 4.03. The van der Waals surface area contributed by atoms with Crippen LogP contribution >= 0.6 is 15.9 Å². The minimum Gasteiger partial charge on any atom is -0.317 e. The van der Waals surface area contributed by atoms with Gasteiger partial charge >= 0.3 is 0 Å². The van der Waals surface area contributed by atoms with Gasteiger partial charge in [-0.05, 0) is 65.3 Å². The molecule has 0 spiro atoms. The lowest BCUT2D eigenvalue weighted by atomic mass is 9.82. The Morgan fingerprint density at radius 1 is 1.47 bits per heavy atom. The number of nitrogens with one attached hydrogen (secondary N) is 1. The van der Waals surface area contributed by atoms with Crippen LogP contribution in [0.3, 0.4) is 0 Å². The van der Waals surface area contributed by atoms with Gasteiger partial charge in [-0.15, -0.1) is 0 Å². The van der Waals surface area contributed by atoms with Crippen molar-refractivity contribution in [2.45, 2.75) is 25.7 Å². The minimum atomic E-state index is 0.607. The van der Waals surface area contributed by atoms with Gasteiger partial charge in [0.05, 0.1) is 0 Å². The smallest absolute Gasteiger partial charge is 0.109 e. The van der Waals surface area contributed by atoms with Crippen molar-refractivity contribution in [2.75, 3.05) is 13.1 Å². The summed E-state index contributed by atoms with van der Waals surface area (Å²) in [5.41, 5.74) is 1.35. The van der Waals surface area contributed by atoms with E-state index in [1.165, 1.54) is 18.4 Å². The summed E-state index contributed by atoms with van der Waals surface area (Å²) in [5.74, 6) is 1.40. The molecule has 82 valence electrons. The third-order valence-electron chi connectivity index (χ3n) is 3.37.